The van der Waals surface area contributed by atoms with Crippen molar-refractivity contribution in [1.82, 2.24) is 14.6 Å². The molecule has 0 aliphatic heterocycles. The number of rotatable bonds is 3. The van der Waals surface area contributed by atoms with E-state index in [-0.39, 0.29) is 22.1 Å². The number of hydrogen-bond acceptors (Lipinski definition) is 3. The molecule has 1 N–H and O–H groups in total. The number of nitrogens with zero attached hydrogens (tertiary/aromatic N) is 3. The van der Waals surface area contributed by atoms with Gasteiger partial charge in [-0.2, -0.15) is 18.3 Å². The quantitative estimate of drug-likeness (QED) is 0.387. The predicted octanol–water partition coefficient (Wildman–Crippen LogP) is 6.28. The molecule has 0 unspecified atom stereocenters. The first-order chi connectivity index (χ1) is 14.7. The van der Waals surface area contributed by atoms with Gasteiger partial charge < -0.3 is 5.32 Å². The zero-order valence-corrected chi connectivity index (χ0v) is 17.3. The molecule has 0 atom stereocenters. The number of alkyl halides is 3. The van der Waals surface area contributed by atoms with Crippen LogP contribution in [0.25, 0.3) is 16.9 Å². The van der Waals surface area contributed by atoms with Crippen molar-refractivity contribution in [2.75, 3.05) is 5.32 Å². The minimum atomic E-state index is -4.75. The van der Waals surface area contributed by atoms with Crippen LogP contribution in [0, 0.1) is 6.92 Å². The van der Waals surface area contributed by atoms with Gasteiger partial charge in [-0.05, 0) is 30.7 Å². The number of halogens is 5. The van der Waals surface area contributed by atoms with Gasteiger partial charge in [0.25, 0.3) is 5.91 Å². The molecule has 4 aromatic rings. The van der Waals surface area contributed by atoms with E-state index < -0.39 is 17.8 Å². The van der Waals surface area contributed by atoms with Crippen LogP contribution in [-0.4, -0.2) is 20.5 Å². The third kappa shape index (κ3) is 3.96. The van der Waals surface area contributed by atoms with E-state index in [9.17, 15) is 18.0 Å². The van der Waals surface area contributed by atoms with Crippen LogP contribution in [0.15, 0.2) is 54.6 Å². The van der Waals surface area contributed by atoms with Crippen molar-refractivity contribution in [3.05, 3.63) is 81.6 Å². The van der Waals surface area contributed by atoms with Gasteiger partial charge in [0.15, 0.2) is 17.0 Å². The van der Waals surface area contributed by atoms with Crippen molar-refractivity contribution in [3.63, 3.8) is 0 Å². The first-order valence-corrected chi connectivity index (χ1v) is 9.71. The van der Waals surface area contributed by atoms with Crippen molar-refractivity contribution in [2.24, 2.45) is 0 Å². The van der Waals surface area contributed by atoms with Crippen molar-refractivity contribution < 1.29 is 18.0 Å². The van der Waals surface area contributed by atoms with E-state index in [0.29, 0.717) is 26.4 Å². The van der Waals surface area contributed by atoms with E-state index in [1.165, 1.54) is 0 Å². The molecular formula is C21H13Cl2F3N4O. The summed E-state index contributed by atoms with van der Waals surface area (Å²) in [7, 11) is 0. The number of aromatic nitrogens is 3. The van der Waals surface area contributed by atoms with Crippen molar-refractivity contribution in [1.29, 1.82) is 0 Å². The minimum Gasteiger partial charge on any atom is -0.320 e. The maximum Gasteiger partial charge on any atom is 0.433 e. The molecule has 0 bridgehead atoms. The van der Waals surface area contributed by atoms with Crippen LogP contribution in [-0.2, 0) is 6.18 Å². The Morgan fingerprint density at radius 2 is 1.77 bits per heavy atom. The standard InChI is InChI=1S/C21H13Cl2F3N4O/c1-11-13(22)8-5-9-14(11)28-20(31)18-17(23)19-27-15(12-6-3-2-4-7-12)10-16(21(24,25)26)30(19)29-18/h2-10H,1H3,(H,28,31). The highest BCUT2D eigenvalue weighted by Gasteiger charge is 2.36. The second kappa shape index (κ2) is 7.86. The third-order valence-electron chi connectivity index (χ3n) is 4.62. The molecule has 0 aliphatic rings. The fourth-order valence-corrected chi connectivity index (χ4v) is 3.44. The van der Waals surface area contributed by atoms with Crippen molar-refractivity contribution in [3.8, 4) is 11.3 Å². The van der Waals surface area contributed by atoms with Crippen LogP contribution in [0.5, 0.6) is 0 Å². The maximum atomic E-state index is 13.8. The van der Waals surface area contributed by atoms with E-state index in [0.717, 1.165) is 6.07 Å². The summed E-state index contributed by atoms with van der Waals surface area (Å²) in [5.74, 6) is -0.782. The van der Waals surface area contributed by atoms with Gasteiger partial charge >= 0.3 is 6.18 Å². The van der Waals surface area contributed by atoms with E-state index in [1.807, 2.05) is 0 Å². The monoisotopic (exact) mass is 464 g/mol. The van der Waals surface area contributed by atoms with Gasteiger partial charge in [-0.15, -0.1) is 0 Å². The molecule has 0 aliphatic carbocycles. The van der Waals surface area contributed by atoms with Gasteiger partial charge in [0.2, 0.25) is 0 Å². The number of carbonyl (C=O) groups is 1. The Kier molecular flexibility index (Phi) is 5.36. The molecular weight excluding hydrogens is 452 g/mol. The van der Waals surface area contributed by atoms with Gasteiger partial charge in [0.1, 0.15) is 5.02 Å². The third-order valence-corrected chi connectivity index (χ3v) is 5.38. The second-order valence-electron chi connectivity index (χ2n) is 6.65. The Labute approximate surface area is 184 Å². The lowest BCUT2D eigenvalue weighted by molar-refractivity contribution is -0.142. The maximum absolute atomic E-state index is 13.8. The normalized spacial score (nSPS) is 11.7. The van der Waals surface area contributed by atoms with Crippen molar-refractivity contribution in [2.45, 2.75) is 13.1 Å². The summed E-state index contributed by atoms with van der Waals surface area (Å²) in [6.45, 7) is 1.69. The number of fused-ring (bicyclic) bond motifs is 1. The van der Waals surface area contributed by atoms with Crippen LogP contribution in [0.2, 0.25) is 10.0 Å². The fraction of sp³-hybridized carbons (Fsp3) is 0.0952. The zero-order valence-electron chi connectivity index (χ0n) is 15.8. The Balaban J connectivity index is 1.85. The van der Waals surface area contributed by atoms with Crippen LogP contribution >= 0.6 is 23.2 Å². The van der Waals surface area contributed by atoms with Crippen LogP contribution in [0.4, 0.5) is 18.9 Å². The van der Waals surface area contributed by atoms with E-state index >= 15 is 0 Å². The molecule has 0 saturated carbocycles. The summed E-state index contributed by atoms with van der Waals surface area (Å²) < 4.78 is 41.8. The summed E-state index contributed by atoms with van der Waals surface area (Å²) >= 11 is 12.3. The average Bonchev–Trinajstić information content (AvgIpc) is 3.07. The molecule has 158 valence electrons. The fourth-order valence-electron chi connectivity index (χ4n) is 3.02. The van der Waals surface area contributed by atoms with Gasteiger partial charge in [0, 0.05) is 16.3 Å². The molecule has 0 radical (unpaired) electrons. The summed E-state index contributed by atoms with van der Waals surface area (Å²) in [5.41, 5.74) is -0.255. The summed E-state index contributed by atoms with van der Waals surface area (Å²) in [6.07, 6.45) is -4.75. The topological polar surface area (TPSA) is 59.3 Å². The minimum absolute atomic E-state index is 0.0554. The number of nitrogens with one attached hydrogen (secondary N) is 1. The Hall–Kier alpha value is -3.10. The number of benzene rings is 2. The van der Waals surface area contributed by atoms with Gasteiger partial charge in [0.05, 0.1) is 5.69 Å². The molecule has 31 heavy (non-hydrogen) atoms. The van der Waals surface area contributed by atoms with E-state index in [2.05, 4.69) is 15.4 Å². The molecule has 2 heterocycles. The number of anilines is 1. The van der Waals surface area contributed by atoms with Crippen molar-refractivity contribution >= 4 is 40.4 Å². The first-order valence-electron chi connectivity index (χ1n) is 8.95. The van der Waals surface area contributed by atoms with Crippen LogP contribution in [0.1, 0.15) is 21.7 Å². The molecule has 1 amide bonds. The largest absolute Gasteiger partial charge is 0.433 e. The lowest BCUT2D eigenvalue weighted by Crippen LogP contribution is -2.16. The molecule has 5 nitrogen and oxygen atoms in total. The molecule has 0 fully saturated rings. The summed E-state index contributed by atoms with van der Waals surface area (Å²) in [4.78, 5) is 17.0. The average molecular weight is 465 g/mol. The molecule has 2 aromatic carbocycles. The van der Waals surface area contributed by atoms with E-state index in [1.54, 1.807) is 55.5 Å². The Bertz CT molecular complexity index is 1300. The molecule has 0 saturated heterocycles. The summed E-state index contributed by atoms with van der Waals surface area (Å²) in [6, 6.07) is 14.1. The SMILES string of the molecule is Cc1c(Cl)cccc1NC(=O)c1nn2c(C(F)(F)F)cc(-c3ccccc3)nc2c1Cl. The van der Waals surface area contributed by atoms with Crippen LogP contribution in [0.3, 0.4) is 0 Å². The highest BCUT2D eigenvalue weighted by molar-refractivity contribution is 6.37. The second-order valence-corrected chi connectivity index (χ2v) is 7.44. The summed E-state index contributed by atoms with van der Waals surface area (Å²) in [5, 5.41) is 6.53. The van der Waals surface area contributed by atoms with Crippen LogP contribution < -0.4 is 5.32 Å². The highest BCUT2D eigenvalue weighted by Crippen LogP contribution is 2.35. The number of hydrogen-bond donors (Lipinski definition) is 1. The Morgan fingerprint density at radius 1 is 1.06 bits per heavy atom. The van der Waals surface area contributed by atoms with Gasteiger partial charge in [-0.3, -0.25) is 4.79 Å². The number of carbonyl (C=O) groups excluding carboxylic acids is 1. The zero-order chi connectivity index (χ0) is 22.3. The lowest BCUT2D eigenvalue weighted by atomic mass is 10.1. The molecule has 10 heteroatoms. The van der Waals surface area contributed by atoms with Gasteiger partial charge in [-0.25, -0.2) is 9.50 Å². The van der Waals surface area contributed by atoms with Gasteiger partial charge in [-0.1, -0.05) is 59.6 Å². The highest BCUT2D eigenvalue weighted by atomic mass is 35.5. The smallest absolute Gasteiger partial charge is 0.320 e. The number of amides is 1. The van der Waals surface area contributed by atoms with E-state index in [4.69, 9.17) is 23.2 Å². The lowest BCUT2D eigenvalue weighted by Gasteiger charge is -2.11. The molecule has 0 spiro atoms. The Morgan fingerprint density at radius 3 is 2.45 bits per heavy atom. The molecule has 4 rings (SSSR count). The first kappa shape index (κ1) is 21.1. The molecule has 2 aromatic heterocycles. The predicted molar refractivity (Wildman–Crippen MR) is 113 cm³/mol.